The normalized spacial score (nSPS) is 11.6. The topological polar surface area (TPSA) is 67.9 Å². The van der Waals surface area contributed by atoms with Gasteiger partial charge in [0.1, 0.15) is 11.9 Å². The summed E-state index contributed by atoms with van der Waals surface area (Å²) < 4.78 is 25.4. The summed E-state index contributed by atoms with van der Waals surface area (Å²) in [6, 6.07) is 20.6. The number of nitrogens with zero attached hydrogens (tertiary/aromatic N) is 1. The lowest BCUT2D eigenvalue weighted by atomic mass is 10.0. The molecule has 0 aromatic heterocycles. The Kier molecular flexibility index (Phi) is 10.7. The van der Waals surface area contributed by atoms with E-state index in [1.165, 1.54) is 11.0 Å². The molecule has 0 radical (unpaired) electrons. The number of hydrogen-bond acceptors (Lipinski definition) is 4. The minimum Gasteiger partial charge on any atom is -0.493 e. The van der Waals surface area contributed by atoms with E-state index in [2.05, 4.69) is 5.32 Å². The van der Waals surface area contributed by atoms with Gasteiger partial charge in [-0.1, -0.05) is 68.4 Å². The molecule has 202 valence electrons. The Morgan fingerprint density at radius 1 is 0.895 bits per heavy atom. The van der Waals surface area contributed by atoms with E-state index in [0.717, 1.165) is 11.1 Å². The summed E-state index contributed by atoms with van der Waals surface area (Å²) in [5, 5.41) is 2.98. The average Bonchev–Trinajstić information content (AvgIpc) is 2.93. The van der Waals surface area contributed by atoms with Gasteiger partial charge in [-0.15, -0.1) is 0 Å². The standard InChI is InChI=1S/C31H37FN2O4/c1-22(2)20-33-31(36)27(18-23-10-6-5-7-11-23)34(21-25-12-8-9-13-26(25)32)30(35)17-15-24-14-16-28(37-3)29(19-24)38-4/h5-14,16,19,22,27H,15,17-18,20-21H2,1-4H3,(H,33,36)/t27-/m1/s1. The molecule has 0 aliphatic carbocycles. The fraction of sp³-hybridized carbons (Fsp3) is 0.355. The quantitative estimate of drug-likeness (QED) is 0.337. The van der Waals surface area contributed by atoms with Crippen molar-refractivity contribution in [3.8, 4) is 11.5 Å². The third kappa shape index (κ3) is 8.07. The van der Waals surface area contributed by atoms with Gasteiger partial charge in [-0.25, -0.2) is 4.39 Å². The number of methoxy groups -OCH3 is 2. The number of amides is 2. The Balaban J connectivity index is 1.91. The van der Waals surface area contributed by atoms with Crippen molar-refractivity contribution < 1.29 is 23.5 Å². The van der Waals surface area contributed by atoms with Gasteiger partial charge in [0, 0.05) is 31.5 Å². The number of carbonyl (C=O) groups excluding carboxylic acids is 2. The van der Waals surface area contributed by atoms with Gasteiger partial charge in [-0.05, 0) is 41.7 Å². The molecule has 0 aliphatic heterocycles. The van der Waals surface area contributed by atoms with Crippen molar-refractivity contribution in [2.45, 2.75) is 45.7 Å². The van der Waals surface area contributed by atoms with Crippen LogP contribution in [-0.4, -0.2) is 43.5 Å². The Bertz CT molecular complexity index is 1200. The van der Waals surface area contributed by atoms with E-state index >= 15 is 0 Å². The van der Waals surface area contributed by atoms with Crippen molar-refractivity contribution in [3.05, 3.63) is 95.3 Å². The number of ether oxygens (including phenoxy) is 2. The van der Waals surface area contributed by atoms with E-state index in [4.69, 9.17) is 9.47 Å². The molecule has 3 aromatic carbocycles. The molecule has 0 fully saturated rings. The molecular formula is C31H37FN2O4. The third-order valence-electron chi connectivity index (χ3n) is 6.33. The second-order valence-electron chi connectivity index (χ2n) is 9.65. The summed E-state index contributed by atoms with van der Waals surface area (Å²) in [6.07, 6.45) is 0.895. The van der Waals surface area contributed by atoms with Crippen LogP contribution < -0.4 is 14.8 Å². The van der Waals surface area contributed by atoms with Crippen molar-refractivity contribution in [1.29, 1.82) is 0 Å². The highest BCUT2D eigenvalue weighted by molar-refractivity contribution is 5.88. The zero-order valence-electron chi connectivity index (χ0n) is 22.6. The maximum Gasteiger partial charge on any atom is 0.243 e. The lowest BCUT2D eigenvalue weighted by Gasteiger charge is -2.32. The Labute approximate surface area is 224 Å². The Hall–Kier alpha value is -3.87. The van der Waals surface area contributed by atoms with E-state index in [-0.39, 0.29) is 30.7 Å². The van der Waals surface area contributed by atoms with Crippen molar-refractivity contribution >= 4 is 11.8 Å². The number of hydrogen-bond donors (Lipinski definition) is 1. The van der Waals surface area contributed by atoms with Crippen LogP contribution in [0.2, 0.25) is 0 Å². The van der Waals surface area contributed by atoms with Crippen LogP contribution in [0.25, 0.3) is 0 Å². The first kappa shape index (κ1) is 28.7. The van der Waals surface area contributed by atoms with Crippen LogP contribution >= 0.6 is 0 Å². The predicted molar refractivity (Wildman–Crippen MR) is 147 cm³/mol. The Morgan fingerprint density at radius 3 is 2.24 bits per heavy atom. The van der Waals surface area contributed by atoms with E-state index in [0.29, 0.717) is 36.4 Å². The van der Waals surface area contributed by atoms with Crippen molar-refractivity contribution in [2.75, 3.05) is 20.8 Å². The second kappa shape index (κ2) is 14.2. The SMILES string of the molecule is COc1ccc(CCC(=O)N(Cc2ccccc2F)[C@H](Cc2ccccc2)C(=O)NCC(C)C)cc1OC. The monoisotopic (exact) mass is 520 g/mol. The molecule has 2 amide bonds. The van der Waals surface area contributed by atoms with Gasteiger partial charge in [-0.3, -0.25) is 9.59 Å². The van der Waals surface area contributed by atoms with Crippen LogP contribution in [0.1, 0.15) is 37.0 Å². The van der Waals surface area contributed by atoms with Crippen LogP contribution in [0.3, 0.4) is 0 Å². The lowest BCUT2D eigenvalue weighted by molar-refractivity contribution is -0.141. The van der Waals surface area contributed by atoms with Crippen molar-refractivity contribution in [2.24, 2.45) is 5.92 Å². The van der Waals surface area contributed by atoms with Crippen molar-refractivity contribution in [3.63, 3.8) is 0 Å². The maximum atomic E-state index is 14.7. The summed E-state index contributed by atoms with van der Waals surface area (Å²) in [7, 11) is 3.13. The summed E-state index contributed by atoms with van der Waals surface area (Å²) >= 11 is 0. The molecule has 1 atom stereocenters. The minimum absolute atomic E-state index is 0.00988. The molecule has 3 rings (SSSR count). The number of halogens is 1. The first-order chi connectivity index (χ1) is 18.3. The molecule has 0 unspecified atom stereocenters. The molecule has 6 nitrogen and oxygen atoms in total. The summed E-state index contributed by atoms with van der Waals surface area (Å²) in [6.45, 7) is 4.50. The number of benzene rings is 3. The zero-order valence-corrected chi connectivity index (χ0v) is 22.6. The van der Waals surface area contributed by atoms with E-state index in [1.807, 2.05) is 56.3 Å². The molecule has 0 bridgehead atoms. The fourth-order valence-electron chi connectivity index (χ4n) is 4.22. The number of aryl methyl sites for hydroxylation is 1. The summed E-state index contributed by atoms with van der Waals surface area (Å²) in [4.78, 5) is 28.7. The molecule has 1 N–H and O–H groups in total. The van der Waals surface area contributed by atoms with Crippen LogP contribution in [0.15, 0.2) is 72.8 Å². The van der Waals surface area contributed by atoms with E-state index in [9.17, 15) is 14.0 Å². The molecular weight excluding hydrogens is 483 g/mol. The molecule has 7 heteroatoms. The van der Waals surface area contributed by atoms with Gasteiger partial charge in [0.05, 0.1) is 14.2 Å². The number of nitrogens with one attached hydrogen (secondary N) is 1. The summed E-state index contributed by atoms with van der Waals surface area (Å²) in [5.41, 5.74) is 2.18. The van der Waals surface area contributed by atoms with Crippen LogP contribution in [-0.2, 0) is 29.0 Å². The average molecular weight is 521 g/mol. The van der Waals surface area contributed by atoms with Crippen LogP contribution in [0.5, 0.6) is 11.5 Å². The van der Waals surface area contributed by atoms with Crippen LogP contribution in [0.4, 0.5) is 4.39 Å². The highest BCUT2D eigenvalue weighted by Crippen LogP contribution is 2.28. The lowest BCUT2D eigenvalue weighted by Crippen LogP contribution is -2.51. The van der Waals surface area contributed by atoms with Crippen molar-refractivity contribution in [1.82, 2.24) is 10.2 Å². The smallest absolute Gasteiger partial charge is 0.243 e. The van der Waals surface area contributed by atoms with E-state index < -0.39 is 11.9 Å². The minimum atomic E-state index is -0.798. The zero-order chi connectivity index (χ0) is 27.5. The second-order valence-corrected chi connectivity index (χ2v) is 9.65. The van der Waals surface area contributed by atoms with Gasteiger partial charge < -0.3 is 19.7 Å². The predicted octanol–water partition coefficient (Wildman–Crippen LogP) is 5.19. The summed E-state index contributed by atoms with van der Waals surface area (Å²) in [5.74, 6) is 0.537. The van der Waals surface area contributed by atoms with Gasteiger partial charge in [0.15, 0.2) is 11.5 Å². The van der Waals surface area contributed by atoms with Gasteiger partial charge in [-0.2, -0.15) is 0 Å². The number of carbonyl (C=O) groups is 2. The van der Waals surface area contributed by atoms with Gasteiger partial charge in [0.2, 0.25) is 11.8 Å². The maximum absolute atomic E-state index is 14.7. The largest absolute Gasteiger partial charge is 0.493 e. The third-order valence-corrected chi connectivity index (χ3v) is 6.33. The fourth-order valence-corrected chi connectivity index (χ4v) is 4.22. The highest BCUT2D eigenvalue weighted by Gasteiger charge is 2.30. The van der Waals surface area contributed by atoms with Gasteiger partial charge in [0.25, 0.3) is 0 Å². The molecule has 0 spiro atoms. The highest BCUT2D eigenvalue weighted by atomic mass is 19.1. The Morgan fingerprint density at radius 2 is 1.58 bits per heavy atom. The molecule has 0 saturated heterocycles. The van der Waals surface area contributed by atoms with Gasteiger partial charge >= 0.3 is 0 Å². The molecule has 0 aliphatic rings. The first-order valence-corrected chi connectivity index (χ1v) is 12.9. The van der Waals surface area contributed by atoms with Crippen LogP contribution in [0, 0.1) is 11.7 Å². The molecule has 3 aromatic rings. The first-order valence-electron chi connectivity index (χ1n) is 12.9. The molecule has 0 heterocycles. The molecule has 38 heavy (non-hydrogen) atoms. The van der Waals surface area contributed by atoms with E-state index in [1.54, 1.807) is 38.5 Å². The molecule has 0 saturated carbocycles. The number of rotatable bonds is 13.